The lowest BCUT2D eigenvalue weighted by atomic mass is 10.2. The molecule has 1 atom stereocenters. The molecular formula is C13H19ClN4. The summed E-state index contributed by atoms with van der Waals surface area (Å²) in [5.41, 5.74) is 3.34. The van der Waals surface area contributed by atoms with Gasteiger partial charge in [-0.05, 0) is 32.5 Å². The van der Waals surface area contributed by atoms with Crippen LogP contribution in [0.3, 0.4) is 0 Å². The lowest BCUT2D eigenvalue weighted by Gasteiger charge is -2.07. The third-order valence-electron chi connectivity index (χ3n) is 3.32. The van der Waals surface area contributed by atoms with Gasteiger partial charge in [-0.2, -0.15) is 5.10 Å². The smallest absolute Gasteiger partial charge is 0.131 e. The van der Waals surface area contributed by atoms with E-state index in [1.54, 1.807) is 4.68 Å². The highest BCUT2D eigenvalue weighted by Crippen LogP contribution is 2.21. The van der Waals surface area contributed by atoms with Crippen molar-refractivity contribution in [2.45, 2.75) is 26.4 Å². The first-order valence-electron chi connectivity index (χ1n) is 6.03. The summed E-state index contributed by atoms with van der Waals surface area (Å²) in [5, 5.41) is 8.27. The molecule has 0 amide bonds. The standard InChI is InChI=1S/C13H19ClN4/c1-9(15-3)11-5-6-18(7-11)8-12-10(2)16-17(4)13(12)14/h5-7,9,15H,8H2,1-4H3. The highest BCUT2D eigenvalue weighted by molar-refractivity contribution is 6.30. The van der Waals surface area contributed by atoms with Crippen molar-refractivity contribution < 1.29 is 0 Å². The molecular weight excluding hydrogens is 248 g/mol. The van der Waals surface area contributed by atoms with Gasteiger partial charge in [0.1, 0.15) is 5.15 Å². The third-order valence-corrected chi connectivity index (χ3v) is 3.79. The number of hydrogen-bond acceptors (Lipinski definition) is 2. The van der Waals surface area contributed by atoms with Crippen LogP contribution >= 0.6 is 11.6 Å². The SMILES string of the molecule is CNC(C)c1ccn(Cc2c(C)nn(C)c2Cl)c1. The summed E-state index contributed by atoms with van der Waals surface area (Å²) in [6, 6.07) is 2.48. The van der Waals surface area contributed by atoms with Gasteiger partial charge in [0, 0.05) is 31.0 Å². The zero-order chi connectivity index (χ0) is 13.3. The first kappa shape index (κ1) is 13.2. The number of nitrogens with one attached hydrogen (secondary N) is 1. The molecule has 0 aliphatic heterocycles. The molecule has 1 unspecified atom stereocenters. The summed E-state index contributed by atoms with van der Waals surface area (Å²) < 4.78 is 3.85. The van der Waals surface area contributed by atoms with E-state index in [1.807, 2.05) is 21.0 Å². The van der Waals surface area contributed by atoms with Crippen molar-refractivity contribution in [2.24, 2.45) is 7.05 Å². The first-order valence-corrected chi connectivity index (χ1v) is 6.41. The van der Waals surface area contributed by atoms with Crippen molar-refractivity contribution in [3.05, 3.63) is 40.4 Å². The second kappa shape index (κ2) is 5.16. The maximum Gasteiger partial charge on any atom is 0.131 e. The maximum atomic E-state index is 6.24. The Kier molecular flexibility index (Phi) is 3.78. The fourth-order valence-electron chi connectivity index (χ4n) is 2.02. The van der Waals surface area contributed by atoms with Gasteiger partial charge in [-0.1, -0.05) is 11.6 Å². The van der Waals surface area contributed by atoms with Crippen LogP contribution in [0.2, 0.25) is 5.15 Å². The van der Waals surface area contributed by atoms with E-state index in [-0.39, 0.29) is 0 Å². The fraction of sp³-hybridized carbons (Fsp3) is 0.462. The summed E-state index contributed by atoms with van der Waals surface area (Å²) in [4.78, 5) is 0. The normalized spacial score (nSPS) is 12.9. The van der Waals surface area contributed by atoms with Crippen LogP contribution in [0.5, 0.6) is 0 Å². The first-order chi connectivity index (χ1) is 8.52. The number of halogens is 1. The lowest BCUT2D eigenvalue weighted by Crippen LogP contribution is -2.11. The van der Waals surface area contributed by atoms with Gasteiger partial charge >= 0.3 is 0 Å². The molecule has 0 aliphatic carbocycles. The van der Waals surface area contributed by atoms with Crippen molar-refractivity contribution >= 4 is 11.6 Å². The van der Waals surface area contributed by atoms with Gasteiger partial charge in [-0.25, -0.2) is 0 Å². The van der Waals surface area contributed by atoms with E-state index in [0.717, 1.165) is 17.8 Å². The van der Waals surface area contributed by atoms with Gasteiger partial charge in [-0.3, -0.25) is 4.68 Å². The molecule has 2 aromatic rings. The van der Waals surface area contributed by atoms with E-state index in [2.05, 4.69) is 40.4 Å². The number of aromatic nitrogens is 3. The van der Waals surface area contributed by atoms with Crippen LogP contribution in [0.15, 0.2) is 18.5 Å². The minimum Gasteiger partial charge on any atom is -0.349 e. The highest BCUT2D eigenvalue weighted by Gasteiger charge is 2.12. The van der Waals surface area contributed by atoms with Gasteiger partial charge in [0.2, 0.25) is 0 Å². The highest BCUT2D eigenvalue weighted by atomic mass is 35.5. The van der Waals surface area contributed by atoms with Gasteiger partial charge in [0.05, 0.1) is 12.2 Å². The van der Waals surface area contributed by atoms with E-state index in [4.69, 9.17) is 11.6 Å². The van der Waals surface area contributed by atoms with Crippen LogP contribution in [0.4, 0.5) is 0 Å². The Morgan fingerprint density at radius 3 is 2.78 bits per heavy atom. The van der Waals surface area contributed by atoms with Crippen LogP contribution in [0.1, 0.15) is 29.8 Å². The molecule has 0 saturated carbocycles. The summed E-state index contributed by atoms with van der Waals surface area (Å²) in [6.07, 6.45) is 4.22. The molecule has 2 rings (SSSR count). The topological polar surface area (TPSA) is 34.8 Å². The lowest BCUT2D eigenvalue weighted by molar-refractivity contribution is 0.649. The van der Waals surface area contributed by atoms with E-state index in [1.165, 1.54) is 5.56 Å². The summed E-state index contributed by atoms with van der Waals surface area (Å²) in [7, 11) is 3.83. The molecule has 0 aliphatic rings. The molecule has 0 bridgehead atoms. The van der Waals surface area contributed by atoms with Gasteiger partial charge in [0.15, 0.2) is 0 Å². The van der Waals surface area contributed by atoms with Crippen LogP contribution in [-0.4, -0.2) is 21.4 Å². The Balaban J connectivity index is 2.21. The molecule has 2 heterocycles. The molecule has 5 heteroatoms. The molecule has 2 aromatic heterocycles. The Bertz CT molecular complexity index is 541. The number of rotatable bonds is 4. The van der Waals surface area contributed by atoms with E-state index < -0.39 is 0 Å². The Hall–Kier alpha value is -1.26. The minimum absolute atomic E-state index is 0.358. The monoisotopic (exact) mass is 266 g/mol. The number of hydrogen-bond donors (Lipinski definition) is 1. The van der Waals surface area contributed by atoms with Gasteiger partial charge < -0.3 is 9.88 Å². The molecule has 0 saturated heterocycles. The average Bonchev–Trinajstić information content (AvgIpc) is 2.90. The Labute approximate surface area is 113 Å². The number of nitrogens with zero attached hydrogens (tertiary/aromatic N) is 3. The fourth-order valence-corrected chi connectivity index (χ4v) is 2.25. The molecule has 0 radical (unpaired) electrons. The van der Waals surface area contributed by atoms with E-state index >= 15 is 0 Å². The van der Waals surface area contributed by atoms with Crippen LogP contribution in [-0.2, 0) is 13.6 Å². The quantitative estimate of drug-likeness (QED) is 0.923. The van der Waals surface area contributed by atoms with Crippen LogP contribution < -0.4 is 5.32 Å². The number of aryl methyl sites for hydroxylation is 2. The van der Waals surface area contributed by atoms with Gasteiger partial charge in [-0.15, -0.1) is 0 Å². The predicted octanol–water partition coefficient (Wildman–Crippen LogP) is 2.51. The van der Waals surface area contributed by atoms with Crippen molar-refractivity contribution in [3.8, 4) is 0 Å². The van der Waals surface area contributed by atoms with Crippen molar-refractivity contribution in [1.82, 2.24) is 19.7 Å². The zero-order valence-corrected chi connectivity index (χ0v) is 12.0. The summed E-state index contributed by atoms with van der Waals surface area (Å²) >= 11 is 6.24. The largest absolute Gasteiger partial charge is 0.349 e. The molecule has 4 nitrogen and oxygen atoms in total. The second-order valence-electron chi connectivity index (χ2n) is 4.61. The van der Waals surface area contributed by atoms with Crippen LogP contribution in [0, 0.1) is 6.92 Å². The van der Waals surface area contributed by atoms with Crippen molar-refractivity contribution in [1.29, 1.82) is 0 Å². The van der Waals surface area contributed by atoms with E-state index in [0.29, 0.717) is 11.2 Å². The summed E-state index contributed by atoms with van der Waals surface area (Å²) in [6.45, 7) is 4.89. The van der Waals surface area contributed by atoms with E-state index in [9.17, 15) is 0 Å². The van der Waals surface area contributed by atoms with Crippen molar-refractivity contribution in [2.75, 3.05) is 7.05 Å². The van der Waals surface area contributed by atoms with Gasteiger partial charge in [0.25, 0.3) is 0 Å². The predicted molar refractivity (Wildman–Crippen MR) is 74.0 cm³/mol. The minimum atomic E-state index is 0.358. The summed E-state index contributed by atoms with van der Waals surface area (Å²) in [5.74, 6) is 0. The maximum absolute atomic E-state index is 6.24. The molecule has 18 heavy (non-hydrogen) atoms. The average molecular weight is 267 g/mol. The molecule has 0 spiro atoms. The second-order valence-corrected chi connectivity index (χ2v) is 4.96. The Morgan fingerprint density at radius 1 is 1.50 bits per heavy atom. The zero-order valence-electron chi connectivity index (χ0n) is 11.2. The van der Waals surface area contributed by atoms with Crippen molar-refractivity contribution in [3.63, 3.8) is 0 Å². The third kappa shape index (κ3) is 2.44. The van der Waals surface area contributed by atoms with Crippen LogP contribution in [0.25, 0.3) is 0 Å². The Morgan fingerprint density at radius 2 is 2.22 bits per heavy atom. The molecule has 0 fully saturated rings. The molecule has 98 valence electrons. The molecule has 1 N–H and O–H groups in total. The molecule has 0 aromatic carbocycles.